The van der Waals surface area contributed by atoms with Crippen LogP contribution < -0.4 is 5.32 Å². The third kappa shape index (κ3) is 2.80. The minimum absolute atomic E-state index is 0.0982. The van der Waals surface area contributed by atoms with Gasteiger partial charge in [0.25, 0.3) is 0 Å². The smallest absolute Gasteiger partial charge is 0.0958 e. The van der Waals surface area contributed by atoms with Crippen molar-refractivity contribution in [1.82, 2.24) is 30.3 Å². The largest absolute Gasteiger partial charge is 0.304 e. The first-order chi connectivity index (χ1) is 10.4. The summed E-state index contributed by atoms with van der Waals surface area (Å²) in [5.74, 6) is 0. The molecule has 21 heavy (non-hydrogen) atoms. The first-order valence-electron chi connectivity index (χ1n) is 6.85. The predicted octanol–water partition coefficient (Wildman–Crippen LogP) is 1.76. The molecule has 6 heteroatoms. The molecule has 0 spiro atoms. The summed E-state index contributed by atoms with van der Waals surface area (Å²) >= 11 is 0. The van der Waals surface area contributed by atoms with E-state index in [1.165, 1.54) is 0 Å². The van der Waals surface area contributed by atoms with Crippen molar-refractivity contribution in [3.63, 3.8) is 0 Å². The standard InChI is InChI=1S/C15H16N6/c1-2-17-15(13-10-16-8-9-18-13)14-11-19-20-21(14)12-6-4-3-5-7-12/h3-11,15,17H,2H2,1H3. The lowest BCUT2D eigenvalue weighted by Gasteiger charge is -2.17. The van der Waals surface area contributed by atoms with Crippen molar-refractivity contribution in [2.45, 2.75) is 13.0 Å². The SMILES string of the molecule is CCNC(c1cnccn1)c1cnnn1-c1ccccc1. The number of aromatic nitrogens is 5. The maximum Gasteiger partial charge on any atom is 0.0958 e. The Morgan fingerprint density at radius 2 is 2.00 bits per heavy atom. The Balaban J connectivity index is 2.04. The molecule has 1 atom stereocenters. The van der Waals surface area contributed by atoms with E-state index in [2.05, 4.69) is 32.5 Å². The molecular weight excluding hydrogens is 264 g/mol. The zero-order valence-corrected chi connectivity index (χ0v) is 11.7. The summed E-state index contributed by atoms with van der Waals surface area (Å²) in [7, 11) is 0. The van der Waals surface area contributed by atoms with Crippen LogP contribution in [-0.4, -0.2) is 31.5 Å². The maximum atomic E-state index is 4.39. The predicted molar refractivity (Wildman–Crippen MR) is 78.9 cm³/mol. The van der Waals surface area contributed by atoms with Crippen LogP contribution in [-0.2, 0) is 0 Å². The highest BCUT2D eigenvalue weighted by atomic mass is 15.4. The van der Waals surface area contributed by atoms with Gasteiger partial charge in [-0.1, -0.05) is 30.3 Å². The summed E-state index contributed by atoms with van der Waals surface area (Å²) < 4.78 is 1.82. The fourth-order valence-electron chi connectivity index (χ4n) is 2.23. The fourth-order valence-corrected chi connectivity index (χ4v) is 2.23. The Hall–Kier alpha value is -2.60. The molecule has 106 valence electrons. The van der Waals surface area contributed by atoms with E-state index in [1.807, 2.05) is 35.0 Å². The van der Waals surface area contributed by atoms with Crippen molar-refractivity contribution in [2.75, 3.05) is 6.54 Å². The first kappa shape index (κ1) is 13.4. The van der Waals surface area contributed by atoms with Crippen LogP contribution >= 0.6 is 0 Å². The van der Waals surface area contributed by atoms with Gasteiger partial charge in [-0.25, -0.2) is 4.68 Å². The number of hydrogen-bond donors (Lipinski definition) is 1. The lowest BCUT2D eigenvalue weighted by Crippen LogP contribution is -2.25. The third-order valence-electron chi connectivity index (χ3n) is 3.16. The number of hydrogen-bond acceptors (Lipinski definition) is 5. The van der Waals surface area contributed by atoms with E-state index in [-0.39, 0.29) is 6.04 Å². The Bertz CT molecular complexity index is 680. The van der Waals surface area contributed by atoms with E-state index in [1.54, 1.807) is 24.8 Å². The van der Waals surface area contributed by atoms with Gasteiger partial charge < -0.3 is 5.32 Å². The van der Waals surface area contributed by atoms with Crippen LogP contribution in [0, 0.1) is 0 Å². The van der Waals surface area contributed by atoms with Gasteiger partial charge in [0.05, 0.1) is 35.5 Å². The van der Waals surface area contributed by atoms with Crippen molar-refractivity contribution in [1.29, 1.82) is 0 Å². The zero-order valence-electron chi connectivity index (χ0n) is 11.7. The van der Waals surface area contributed by atoms with Gasteiger partial charge in [0.15, 0.2) is 0 Å². The molecule has 0 aliphatic carbocycles. The average Bonchev–Trinajstić information content (AvgIpc) is 3.03. The number of rotatable bonds is 5. The first-order valence-corrected chi connectivity index (χ1v) is 6.85. The Morgan fingerprint density at radius 1 is 1.14 bits per heavy atom. The third-order valence-corrected chi connectivity index (χ3v) is 3.16. The van der Waals surface area contributed by atoms with E-state index >= 15 is 0 Å². The van der Waals surface area contributed by atoms with E-state index in [4.69, 9.17) is 0 Å². The summed E-state index contributed by atoms with van der Waals surface area (Å²) in [6, 6.07) is 9.83. The molecule has 0 saturated carbocycles. The molecular formula is C15H16N6. The van der Waals surface area contributed by atoms with Gasteiger partial charge >= 0.3 is 0 Å². The normalized spacial score (nSPS) is 12.2. The molecule has 0 fully saturated rings. The van der Waals surface area contributed by atoms with Gasteiger partial charge in [-0.2, -0.15) is 0 Å². The van der Waals surface area contributed by atoms with E-state index < -0.39 is 0 Å². The van der Waals surface area contributed by atoms with Crippen LogP contribution in [0.1, 0.15) is 24.4 Å². The number of para-hydroxylation sites is 1. The Kier molecular flexibility index (Phi) is 3.97. The lowest BCUT2D eigenvalue weighted by molar-refractivity contribution is 0.577. The second-order valence-electron chi connectivity index (χ2n) is 4.53. The van der Waals surface area contributed by atoms with E-state index in [9.17, 15) is 0 Å². The zero-order chi connectivity index (χ0) is 14.5. The highest BCUT2D eigenvalue weighted by Gasteiger charge is 2.20. The molecule has 2 heterocycles. The fraction of sp³-hybridized carbons (Fsp3) is 0.200. The summed E-state index contributed by atoms with van der Waals surface area (Å²) in [4.78, 5) is 8.54. The molecule has 1 N–H and O–H groups in total. The quantitative estimate of drug-likeness (QED) is 0.771. The van der Waals surface area contributed by atoms with Crippen molar-refractivity contribution < 1.29 is 0 Å². The van der Waals surface area contributed by atoms with Crippen LogP contribution in [0.5, 0.6) is 0 Å². The minimum Gasteiger partial charge on any atom is -0.304 e. The second-order valence-corrected chi connectivity index (χ2v) is 4.53. The molecule has 1 unspecified atom stereocenters. The van der Waals surface area contributed by atoms with Crippen LogP contribution in [0.2, 0.25) is 0 Å². The van der Waals surface area contributed by atoms with Gasteiger partial charge in [-0.3, -0.25) is 9.97 Å². The molecule has 3 aromatic rings. The molecule has 6 nitrogen and oxygen atoms in total. The Morgan fingerprint density at radius 3 is 2.71 bits per heavy atom. The lowest BCUT2D eigenvalue weighted by atomic mass is 10.1. The molecule has 2 aromatic heterocycles. The highest BCUT2D eigenvalue weighted by Crippen LogP contribution is 2.21. The van der Waals surface area contributed by atoms with Gasteiger partial charge in [-0.05, 0) is 18.7 Å². The molecule has 0 saturated heterocycles. The van der Waals surface area contributed by atoms with Crippen molar-refractivity contribution in [3.05, 3.63) is 66.5 Å². The number of benzene rings is 1. The van der Waals surface area contributed by atoms with Crippen LogP contribution in [0.3, 0.4) is 0 Å². The maximum absolute atomic E-state index is 4.39. The van der Waals surface area contributed by atoms with Crippen molar-refractivity contribution in [3.8, 4) is 5.69 Å². The number of nitrogens with one attached hydrogen (secondary N) is 1. The Labute approximate surface area is 122 Å². The van der Waals surface area contributed by atoms with Crippen LogP contribution in [0.15, 0.2) is 55.1 Å². The number of nitrogens with zero attached hydrogens (tertiary/aromatic N) is 5. The highest BCUT2D eigenvalue weighted by molar-refractivity contribution is 5.33. The van der Waals surface area contributed by atoms with Crippen LogP contribution in [0.25, 0.3) is 5.69 Å². The average molecular weight is 280 g/mol. The van der Waals surface area contributed by atoms with Crippen molar-refractivity contribution in [2.24, 2.45) is 0 Å². The van der Waals surface area contributed by atoms with Gasteiger partial charge in [0.1, 0.15) is 0 Å². The van der Waals surface area contributed by atoms with Gasteiger partial charge in [0, 0.05) is 12.4 Å². The summed E-state index contributed by atoms with van der Waals surface area (Å²) in [6.45, 7) is 2.86. The molecule has 0 amide bonds. The molecule has 0 radical (unpaired) electrons. The topological polar surface area (TPSA) is 68.5 Å². The molecule has 0 aliphatic heterocycles. The minimum atomic E-state index is -0.0982. The van der Waals surface area contributed by atoms with Gasteiger partial charge in [-0.15, -0.1) is 5.10 Å². The summed E-state index contributed by atoms with van der Waals surface area (Å²) in [5.41, 5.74) is 2.75. The van der Waals surface area contributed by atoms with Gasteiger partial charge in [0.2, 0.25) is 0 Å². The van der Waals surface area contributed by atoms with Crippen molar-refractivity contribution >= 4 is 0 Å². The second kappa shape index (κ2) is 6.23. The molecule has 3 rings (SSSR count). The van der Waals surface area contributed by atoms with Crippen LogP contribution in [0.4, 0.5) is 0 Å². The molecule has 1 aromatic carbocycles. The molecule has 0 bridgehead atoms. The van der Waals surface area contributed by atoms with E-state index in [0.717, 1.165) is 23.6 Å². The van der Waals surface area contributed by atoms with E-state index in [0.29, 0.717) is 0 Å². The summed E-state index contributed by atoms with van der Waals surface area (Å²) in [5, 5.41) is 11.7. The molecule has 0 aliphatic rings. The monoisotopic (exact) mass is 280 g/mol. The summed E-state index contributed by atoms with van der Waals surface area (Å²) in [6.07, 6.45) is 6.88.